The maximum Gasteiger partial charge on any atom is 0.119 e. The molecule has 1 aromatic carbocycles. The minimum absolute atomic E-state index is 0.720. The van der Waals surface area contributed by atoms with Crippen molar-refractivity contribution < 1.29 is 9.47 Å². The van der Waals surface area contributed by atoms with Gasteiger partial charge in [0.1, 0.15) is 5.75 Å². The zero-order valence-electron chi connectivity index (χ0n) is 12.0. The predicted octanol–water partition coefficient (Wildman–Crippen LogP) is 1.68. The van der Waals surface area contributed by atoms with E-state index < -0.39 is 0 Å². The topological polar surface area (TPSA) is 48.3 Å². The van der Waals surface area contributed by atoms with Gasteiger partial charge in [-0.05, 0) is 17.7 Å². The van der Waals surface area contributed by atoms with Crippen molar-refractivity contribution in [3.05, 3.63) is 47.8 Å². The summed E-state index contributed by atoms with van der Waals surface area (Å²) in [5.74, 6) is 0.871. The Morgan fingerprint density at radius 2 is 2.15 bits per heavy atom. The number of methoxy groups -OCH3 is 2. The van der Waals surface area contributed by atoms with Gasteiger partial charge in [-0.3, -0.25) is 4.68 Å². The van der Waals surface area contributed by atoms with Gasteiger partial charge in [0.25, 0.3) is 0 Å². The van der Waals surface area contributed by atoms with E-state index in [2.05, 4.69) is 22.7 Å². The van der Waals surface area contributed by atoms with Crippen molar-refractivity contribution in [2.75, 3.05) is 27.4 Å². The average Bonchev–Trinajstić information content (AvgIpc) is 2.91. The summed E-state index contributed by atoms with van der Waals surface area (Å²) in [5.41, 5.74) is 2.34. The first-order valence-electron chi connectivity index (χ1n) is 6.65. The molecule has 2 aromatic rings. The Hall–Kier alpha value is -1.85. The highest BCUT2D eigenvalue weighted by Gasteiger charge is 2.01. The first-order chi connectivity index (χ1) is 9.81. The maximum atomic E-state index is 5.22. The molecule has 0 atom stereocenters. The lowest BCUT2D eigenvalue weighted by molar-refractivity contribution is 0.199. The van der Waals surface area contributed by atoms with E-state index in [4.69, 9.17) is 9.47 Å². The molecule has 0 saturated heterocycles. The average molecular weight is 275 g/mol. The molecule has 0 unspecified atom stereocenters. The normalized spacial score (nSPS) is 10.7. The summed E-state index contributed by atoms with van der Waals surface area (Å²) in [6.45, 7) is 3.12. The Morgan fingerprint density at radius 3 is 2.95 bits per heavy atom. The van der Waals surface area contributed by atoms with Crippen molar-refractivity contribution >= 4 is 0 Å². The monoisotopic (exact) mass is 275 g/mol. The second kappa shape index (κ2) is 7.67. The fourth-order valence-electron chi connectivity index (χ4n) is 1.95. The summed E-state index contributed by atoms with van der Waals surface area (Å²) < 4.78 is 12.1. The van der Waals surface area contributed by atoms with E-state index in [-0.39, 0.29) is 0 Å². The molecule has 108 valence electrons. The number of rotatable bonds is 8. The Morgan fingerprint density at radius 1 is 1.25 bits per heavy atom. The van der Waals surface area contributed by atoms with Gasteiger partial charge in [-0.2, -0.15) is 5.10 Å². The maximum absolute atomic E-state index is 5.22. The molecule has 0 aliphatic heterocycles. The molecule has 5 nitrogen and oxygen atoms in total. The van der Waals surface area contributed by atoms with Gasteiger partial charge < -0.3 is 14.8 Å². The highest BCUT2D eigenvalue weighted by molar-refractivity contribution is 5.28. The molecule has 0 aliphatic rings. The van der Waals surface area contributed by atoms with Crippen LogP contribution in [0.3, 0.4) is 0 Å². The van der Waals surface area contributed by atoms with Crippen LogP contribution < -0.4 is 10.1 Å². The zero-order chi connectivity index (χ0) is 14.2. The standard InChI is InChI=1S/C15H21N3O2/c1-19-7-6-16-9-14-10-17-18(12-14)11-13-4-3-5-15(8-13)20-2/h3-5,8,10,12,16H,6-7,9,11H2,1-2H3. The van der Waals surface area contributed by atoms with Crippen molar-refractivity contribution in [2.24, 2.45) is 0 Å². The number of aromatic nitrogens is 2. The van der Waals surface area contributed by atoms with Gasteiger partial charge >= 0.3 is 0 Å². The van der Waals surface area contributed by atoms with Gasteiger partial charge in [-0.1, -0.05) is 12.1 Å². The molecular weight excluding hydrogens is 254 g/mol. The fraction of sp³-hybridized carbons (Fsp3) is 0.400. The molecule has 0 bridgehead atoms. The van der Waals surface area contributed by atoms with Crippen LogP contribution in [-0.2, 0) is 17.8 Å². The second-order valence-electron chi connectivity index (χ2n) is 4.57. The molecule has 0 spiro atoms. The molecule has 5 heteroatoms. The van der Waals surface area contributed by atoms with E-state index in [1.165, 1.54) is 11.1 Å². The molecule has 1 N–H and O–H groups in total. The minimum atomic E-state index is 0.720. The Labute approximate surface area is 119 Å². The third kappa shape index (κ3) is 4.36. The summed E-state index contributed by atoms with van der Waals surface area (Å²) in [7, 11) is 3.38. The quantitative estimate of drug-likeness (QED) is 0.745. The number of ether oxygens (including phenoxy) is 2. The largest absolute Gasteiger partial charge is 0.497 e. The van der Waals surface area contributed by atoms with E-state index in [0.717, 1.165) is 32.0 Å². The summed E-state index contributed by atoms with van der Waals surface area (Å²) in [4.78, 5) is 0. The Bertz CT molecular complexity index is 525. The van der Waals surface area contributed by atoms with Gasteiger partial charge in [0.05, 0.1) is 26.5 Å². The van der Waals surface area contributed by atoms with Crippen molar-refractivity contribution in [1.29, 1.82) is 0 Å². The van der Waals surface area contributed by atoms with Crippen LogP contribution in [0.25, 0.3) is 0 Å². The van der Waals surface area contributed by atoms with Crippen molar-refractivity contribution in [3.8, 4) is 5.75 Å². The molecular formula is C15H21N3O2. The van der Waals surface area contributed by atoms with Crippen LogP contribution in [0.5, 0.6) is 5.75 Å². The SMILES string of the molecule is COCCNCc1cnn(Cc2cccc(OC)c2)c1. The van der Waals surface area contributed by atoms with Crippen LogP contribution >= 0.6 is 0 Å². The van der Waals surface area contributed by atoms with E-state index >= 15 is 0 Å². The van der Waals surface area contributed by atoms with E-state index in [9.17, 15) is 0 Å². The lowest BCUT2D eigenvalue weighted by Crippen LogP contribution is -2.18. The van der Waals surface area contributed by atoms with Crippen molar-refractivity contribution in [3.63, 3.8) is 0 Å². The van der Waals surface area contributed by atoms with Gasteiger partial charge in [-0.15, -0.1) is 0 Å². The molecule has 0 saturated carbocycles. The summed E-state index contributed by atoms with van der Waals surface area (Å²) in [6.07, 6.45) is 3.94. The summed E-state index contributed by atoms with van der Waals surface area (Å²) >= 11 is 0. The molecule has 0 amide bonds. The van der Waals surface area contributed by atoms with Crippen LogP contribution in [0.1, 0.15) is 11.1 Å². The van der Waals surface area contributed by atoms with Crippen molar-refractivity contribution in [2.45, 2.75) is 13.1 Å². The minimum Gasteiger partial charge on any atom is -0.497 e. The third-order valence-corrected chi connectivity index (χ3v) is 2.98. The molecule has 0 aliphatic carbocycles. The van der Waals surface area contributed by atoms with E-state index in [1.54, 1.807) is 14.2 Å². The van der Waals surface area contributed by atoms with Gasteiger partial charge in [0, 0.05) is 32.0 Å². The summed E-state index contributed by atoms with van der Waals surface area (Å²) in [5, 5.41) is 7.67. The lowest BCUT2D eigenvalue weighted by atomic mass is 10.2. The smallest absolute Gasteiger partial charge is 0.119 e. The first kappa shape index (κ1) is 14.6. The third-order valence-electron chi connectivity index (χ3n) is 2.98. The number of hydrogen-bond donors (Lipinski definition) is 1. The number of nitrogens with zero attached hydrogens (tertiary/aromatic N) is 2. The molecule has 2 rings (SSSR count). The number of hydrogen-bond acceptors (Lipinski definition) is 4. The molecule has 0 radical (unpaired) electrons. The predicted molar refractivity (Wildman–Crippen MR) is 77.9 cm³/mol. The van der Waals surface area contributed by atoms with Crippen LogP contribution in [0.2, 0.25) is 0 Å². The molecule has 0 fully saturated rings. The number of nitrogens with one attached hydrogen (secondary N) is 1. The second-order valence-corrected chi connectivity index (χ2v) is 4.57. The number of benzene rings is 1. The van der Waals surface area contributed by atoms with Gasteiger partial charge in [-0.25, -0.2) is 0 Å². The highest BCUT2D eigenvalue weighted by atomic mass is 16.5. The Balaban J connectivity index is 1.88. The fourth-order valence-corrected chi connectivity index (χ4v) is 1.95. The van der Waals surface area contributed by atoms with Crippen LogP contribution in [0.4, 0.5) is 0 Å². The zero-order valence-corrected chi connectivity index (χ0v) is 12.0. The molecule has 20 heavy (non-hydrogen) atoms. The van der Waals surface area contributed by atoms with E-state index in [1.807, 2.05) is 29.1 Å². The highest BCUT2D eigenvalue weighted by Crippen LogP contribution is 2.13. The van der Waals surface area contributed by atoms with Crippen LogP contribution in [-0.4, -0.2) is 37.2 Å². The first-order valence-corrected chi connectivity index (χ1v) is 6.65. The molecule has 1 heterocycles. The Kier molecular flexibility index (Phi) is 5.58. The van der Waals surface area contributed by atoms with Crippen molar-refractivity contribution in [1.82, 2.24) is 15.1 Å². The van der Waals surface area contributed by atoms with Gasteiger partial charge in [0.15, 0.2) is 0 Å². The van der Waals surface area contributed by atoms with Crippen LogP contribution in [0, 0.1) is 0 Å². The van der Waals surface area contributed by atoms with E-state index in [0.29, 0.717) is 0 Å². The van der Waals surface area contributed by atoms with Gasteiger partial charge in [0.2, 0.25) is 0 Å². The molecule has 1 aromatic heterocycles. The lowest BCUT2D eigenvalue weighted by Gasteiger charge is -2.04. The summed E-state index contributed by atoms with van der Waals surface area (Å²) in [6, 6.07) is 8.03. The van der Waals surface area contributed by atoms with Crippen LogP contribution in [0.15, 0.2) is 36.7 Å².